The third kappa shape index (κ3) is 7.89. The van der Waals surface area contributed by atoms with E-state index in [1.807, 2.05) is 25.3 Å². The minimum Gasteiger partial charge on any atom is -0.496 e. The number of ether oxygens (including phenoxy) is 2. The van der Waals surface area contributed by atoms with Crippen molar-refractivity contribution >= 4 is 23.4 Å². The summed E-state index contributed by atoms with van der Waals surface area (Å²) in [6.07, 6.45) is 9.08. The number of aryl methyl sites for hydroxylation is 1. The lowest BCUT2D eigenvalue weighted by Crippen LogP contribution is -2.34. The summed E-state index contributed by atoms with van der Waals surface area (Å²) in [7, 11) is 1.83. The Hall–Kier alpha value is -3.55. The quantitative estimate of drug-likeness (QED) is 0.242. The Kier molecular flexibility index (Phi) is 10.6. The fraction of sp³-hybridized carbons (Fsp3) is 0.429. The first-order valence-electron chi connectivity index (χ1n) is 15.4. The zero-order valence-corrected chi connectivity index (χ0v) is 25.8. The van der Waals surface area contributed by atoms with Crippen molar-refractivity contribution < 1.29 is 19.1 Å². The molecule has 8 heteroatoms. The molecule has 2 aliphatic rings. The number of rotatable bonds is 12. The maximum Gasteiger partial charge on any atom is 0.255 e. The van der Waals surface area contributed by atoms with Gasteiger partial charge in [-0.25, -0.2) is 0 Å². The second kappa shape index (κ2) is 14.8. The van der Waals surface area contributed by atoms with Crippen molar-refractivity contribution in [2.24, 2.45) is 5.73 Å². The number of methoxy groups -OCH3 is 1. The SMILES string of the molecule is COc1c(C2CCN(CCCCNC(=O)c3ccc(-c4ccc(Cl)cc4)c(OCC(N)=O)c3)CC2)ccc2c1CCCC2. The van der Waals surface area contributed by atoms with Gasteiger partial charge in [0.05, 0.1) is 7.11 Å². The van der Waals surface area contributed by atoms with Crippen molar-refractivity contribution in [2.45, 2.75) is 57.3 Å². The summed E-state index contributed by atoms with van der Waals surface area (Å²) in [6.45, 7) is 3.53. The van der Waals surface area contributed by atoms with E-state index >= 15 is 0 Å². The molecule has 1 heterocycles. The van der Waals surface area contributed by atoms with Crippen LogP contribution in [0.1, 0.15) is 71.5 Å². The first-order valence-corrected chi connectivity index (χ1v) is 15.8. The molecule has 1 aliphatic carbocycles. The zero-order chi connectivity index (χ0) is 30.2. The van der Waals surface area contributed by atoms with Crippen LogP contribution in [0.15, 0.2) is 54.6 Å². The van der Waals surface area contributed by atoms with E-state index in [9.17, 15) is 9.59 Å². The number of nitrogens with zero attached hydrogens (tertiary/aromatic N) is 1. The lowest BCUT2D eigenvalue weighted by Gasteiger charge is -2.33. The lowest BCUT2D eigenvalue weighted by molar-refractivity contribution is -0.119. The number of hydrogen-bond acceptors (Lipinski definition) is 5. The van der Waals surface area contributed by atoms with Crippen molar-refractivity contribution in [3.63, 3.8) is 0 Å². The van der Waals surface area contributed by atoms with E-state index in [-0.39, 0.29) is 12.5 Å². The molecule has 2 amide bonds. The molecule has 0 saturated carbocycles. The average Bonchev–Trinajstić information content (AvgIpc) is 3.03. The summed E-state index contributed by atoms with van der Waals surface area (Å²) < 4.78 is 11.6. The summed E-state index contributed by atoms with van der Waals surface area (Å²) >= 11 is 6.03. The fourth-order valence-electron chi connectivity index (χ4n) is 6.41. The molecule has 43 heavy (non-hydrogen) atoms. The molecule has 0 unspecified atom stereocenters. The van der Waals surface area contributed by atoms with E-state index in [4.69, 9.17) is 26.8 Å². The molecule has 0 bridgehead atoms. The van der Waals surface area contributed by atoms with Crippen LogP contribution in [0.3, 0.4) is 0 Å². The molecule has 228 valence electrons. The minimum atomic E-state index is -0.584. The van der Waals surface area contributed by atoms with Gasteiger partial charge < -0.3 is 25.4 Å². The van der Waals surface area contributed by atoms with Crippen molar-refractivity contribution in [3.05, 3.63) is 81.9 Å². The number of unbranched alkanes of at least 4 members (excludes halogenated alkanes) is 1. The lowest BCUT2D eigenvalue weighted by atomic mass is 9.83. The number of benzene rings is 3. The Labute approximate surface area is 259 Å². The normalized spacial score (nSPS) is 15.5. The molecule has 0 aromatic heterocycles. The van der Waals surface area contributed by atoms with Crippen LogP contribution in [0.5, 0.6) is 11.5 Å². The molecule has 1 saturated heterocycles. The monoisotopic (exact) mass is 603 g/mol. The van der Waals surface area contributed by atoms with Gasteiger partial charge in [-0.1, -0.05) is 35.9 Å². The molecule has 0 spiro atoms. The first-order chi connectivity index (χ1) is 20.9. The number of carbonyl (C=O) groups excluding carboxylic acids is 2. The number of hydrogen-bond donors (Lipinski definition) is 2. The largest absolute Gasteiger partial charge is 0.496 e. The average molecular weight is 604 g/mol. The van der Waals surface area contributed by atoms with Crippen LogP contribution in [0, 0.1) is 0 Å². The Morgan fingerprint density at radius 1 is 1.00 bits per heavy atom. The van der Waals surface area contributed by atoms with E-state index in [1.54, 1.807) is 24.3 Å². The molecule has 1 fully saturated rings. The molecule has 0 atom stereocenters. The van der Waals surface area contributed by atoms with Crippen molar-refractivity contribution in [3.8, 4) is 22.6 Å². The molecule has 5 rings (SSSR count). The van der Waals surface area contributed by atoms with E-state index in [1.165, 1.54) is 36.0 Å². The topological polar surface area (TPSA) is 93.9 Å². The molecule has 3 aromatic carbocycles. The highest BCUT2D eigenvalue weighted by atomic mass is 35.5. The van der Waals surface area contributed by atoms with E-state index in [0.717, 1.165) is 68.6 Å². The summed E-state index contributed by atoms with van der Waals surface area (Å²) in [4.78, 5) is 26.8. The number of nitrogens with one attached hydrogen (secondary N) is 1. The molecule has 3 N–H and O–H groups in total. The van der Waals surface area contributed by atoms with Gasteiger partial charge >= 0.3 is 0 Å². The van der Waals surface area contributed by atoms with Crippen LogP contribution >= 0.6 is 11.6 Å². The van der Waals surface area contributed by atoms with Gasteiger partial charge in [0.1, 0.15) is 11.5 Å². The van der Waals surface area contributed by atoms with Crippen LogP contribution in [0.25, 0.3) is 11.1 Å². The smallest absolute Gasteiger partial charge is 0.255 e. The predicted molar refractivity (Wildman–Crippen MR) is 171 cm³/mol. The number of carbonyl (C=O) groups is 2. The number of fused-ring (bicyclic) bond motifs is 1. The standard InChI is InChI=1S/C35H42ClN3O4/c1-42-34-30-7-3-2-6-24(30)10-15-31(34)26-16-20-39(21-17-26)19-5-4-18-38-35(41)27-11-14-29(25-8-12-28(36)13-9-25)32(22-27)43-23-33(37)40/h8-15,22,26H,2-7,16-21,23H2,1H3,(H2,37,40)(H,38,41). The van der Waals surface area contributed by atoms with Crippen LogP contribution < -0.4 is 20.5 Å². The summed E-state index contributed by atoms with van der Waals surface area (Å²) in [5.74, 6) is 1.37. The highest BCUT2D eigenvalue weighted by molar-refractivity contribution is 6.30. The van der Waals surface area contributed by atoms with Crippen LogP contribution in [-0.4, -0.2) is 56.6 Å². The zero-order valence-electron chi connectivity index (χ0n) is 25.0. The van der Waals surface area contributed by atoms with Gasteiger partial charge in [-0.2, -0.15) is 0 Å². The van der Waals surface area contributed by atoms with Gasteiger partial charge in [-0.15, -0.1) is 0 Å². The van der Waals surface area contributed by atoms with Crippen molar-refractivity contribution in [2.75, 3.05) is 39.9 Å². The predicted octanol–water partition coefficient (Wildman–Crippen LogP) is 6.15. The second-order valence-electron chi connectivity index (χ2n) is 11.6. The number of halogens is 1. The number of amides is 2. The molecular weight excluding hydrogens is 562 g/mol. The summed E-state index contributed by atoms with van der Waals surface area (Å²) in [5, 5.41) is 3.65. The Bertz CT molecular complexity index is 1420. The Morgan fingerprint density at radius 3 is 2.51 bits per heavy atom. The summed E-state index contributed by atoms with van der Waals surface area (Å²) in [5.41, 5.74) is 11.7. The maximum atomic E-state index is 12.9. The third-order valence-corrected chi connectivity index (χ3v) is 8.95. The van der Waals surface area contributed by atoms with Gasteiger partial charge in [0.15, 0.2) is 6.61 Å². The molecule has 0 radical (unpaired) electrons. The Balaban J connectivity index is 1.08. The van der Waals surface area contributed by atoms with Crippen molar-refractivity contribution in [1.29, 1.82) is 0 Å². The molecular formula is C35H42ClN3O4. The highest BCUT2D eigenvalue weighted by Gasteiger charge is 2.26. The molecule has 1 aliphatic heterocycles. The highest BCUT2D eigenvalue weighted by Crippen LogP contribution is 2.40. The number of primary amides is 1. The van der Waals surface area contributed by atoms with Gasteiger partial charge in [0.2, 0.25) is 0 Å². The second-order valence-corrected chi connectivity index (χ2v) is 12.0. The fourth-order valence-corrected chi connectivity index (χ4v) is 6.53. The van der Waals surface area contributed by atoms with Gasteiger partial charge in [-0.05, 0) is 130 Å². The first kappa shape index (κ1) is 30.9. The van der Waals surface area contributed by atoms with Crippen LogP contribution in [0.4, 0.5) is 0 Å². The van der Waals surface area contributed by atoms with Crippen molar-refractivity contribution in [1.82, 2.24) is 10.2 Å². The number of nitrogens with two attached hydrogens (primary N) is 1. The number of piperidine rings is 1. The van der Waals surface area contributed by atoms with E-state index < -0.39 is 5.91 Å². The third-order valence-electron chi connectivity index (χ3n) is 8.70. The van der Waals surface area contributed by atoms with Crippen LogP contribution in [-0.2, 0) is 17.6 Å². The van der Waals surface area contributed by atoms with Gasteiger partial charge in [-0.3, -0.25) is 9.59 Å². The number of likely N-dealkylation sites (tertiary alicyclic amines) is 1. The van der Waals surface area contributed by atoms with Gasteiger partial charge in [0.25, 0.3) is 11.8 Å². The molecule has 7 nitrogen and oxygen atoms in total. The van der Waals surface area contributed by atoms with Crippen LogP contribution in [0.2, 0.25) is 5.02 Å². The minimum absolute atomic E-state index is 0.175. The Morgan fingerprint density at radius 2 is 1.77 bits per heavy atom. The van der Waals surface area contributed by atoms with E-state index in [2.05, 4.69) is 22.3 Å². The molecule has 3 aromatic rings. The maximum absolute atomic E-state index is 12.9. The van der Waals surface area contributed by atoms with E-state index in [0.29, 0.717) is 28.8 Å². The van der Waals surface area contributed by atoms with Gasteiger partial charge in [0, 0.05) is 22.7 Å². The summed E-state index contributed by atoms with van der Waals surface area (Å²) in [6, 6.07) is 17.2.